The molecule has 2 atom stereocenters. The Bertz CT molecular complexity index is 1280. The molecule has 2 unspecified atom stereocenters. The maximum atomic E-state index is 14.6. The predicted molar refractivity (Wildman–Crippen MR) is 152 cm³/mol. The highest BCUT2D eigenvalue weighted by Crippen LogP contribution is 2.54. The minimum atomic E-state index is -4.38. The van der Waals surface area contributed by atoms with Gasteiger partial charge >= 0.3 is 7.82 Å². The highest BCUT2D eigenvalue weighted by molar-refractivity contribution is 7.49. The number of piperidine rings is 6. The summed E-state index contributed by atoms with van der Waals surface area (Å²) in [5.41, 5.74) is -2.16. The number of phosphoric ester groups is 1. The standard InChI is InChI=1S/C30H39N2O8P/c1-36-18-29(27(33)23-10-14-31(29)15-11-23)20-38-41(35,40-26-9-5-7-22-6-3-4-8-25(22)26)39-21-30(19-37-2)28(34)24-12-16-32(30)17-13-24/h3-9,23-24H,10-21H2,1-2H3. The number of nitrogens with zero attached hydrogens (tertiary/aromatic N) is 2. The van der Waals surface area contributed by atoms with Gasteiger partial charge in [-0.25, -0.2) is 4.57 Å². The van der Waals surface area contributed by atoms with Gasteiger partial charge in [0.05, 0.1) is 26.4 Å². The van der Waals surface area contributed by atoms with E-state index in [1.165, 1.54) is 0 Å². The van der Waals surface area contributed by atoms with E-state index in [1.807, 2.05) is 36.4 Å². The van der Waals surface area contributed by atoms with Crippen molar-refractivity contribution in [3.8, 4) is 5.75 Å². The molecule has 0 radical (unpaired) electrons. The number of carbonyl (C=O) groups excluding carboxylic acids is 2. The number of ether oxygens (including phenoxy) is 2. The number of methoxy groups -OCH3 is 2. The van der Waals surface area contributed by atoms with E-state index in [2.05, 4.69) is 9.80 Å². The van der Waals surface area contributed by atoms with Crippen molar-refractivity contribution in [3.05, 3.63) is 42.5 Å². The van der Waals surface area contributed by atoms with Gasteiger partial charge in [-0.2, -0.15) is 0 Å². The molecule has 0 amide bonds. The number of hydrogen-bond acceptors (Lipinski definition) is 10. The topological polar surface area (TPSA) is 104 Å². The lowest BCUT2D eigenvalue weighted by atomic mass is 9.74. The van der Waals surface area contributed by atoms with Crippen molar-refractivity contribution in [1.29, 1.82) is 0 Å². The Morgan fingerprint density at radius 1 is 0.732 bits per heavy atom. The Morgan fingerprint density at radius 3 is 1.71 bits per heavy atom. The third kappa shape index (κ3) is 5.07. The average molecular weight is 587 g/mol. The maximum absolute atomic E-state index is 14.6. The maximum Gasteiger partial charge on any atom is 0.530 e. The van der Waals surface area contributed by atoms with E-state index in [-0.39, 0.29) is 49.8 Å². The molecule has 2 aromatic carbocycles. The zero-order valence-electron chi connectivity index (χ0n) is 23.8. The highest BCUT2D eigenvalue weighted by atomic mass is 31.2. The van der Waals surface area contributed by atoms with Gasteiger partial charge < -0.3 is 14.0 Å². The Morgan fingerprint density at radius 2 is 1.22 bits per heavy atom. The molecule has 0 aliphatic carbocycles. The van der Waals surface area contributed by atoms with Crippen LogP contribution in [-0.4, -0.2) is 99.3 Å². The van der Waals surface area contributed by atoms with Gasteiger partial charge in [0.2, 0.25) is 0 Å². The fourth-order valence-corrected chi connectivity index (χ4v) is 8.60. The second-order valence-corrected chi connectivity index (χ2v) is 13.3. The van der Waals surface area contributed by atoms with Gasteiger partial charge in [0.1, 0.15) is 16.8 Å². The number of fused-ring (bicyclic) bond motifs is 7. The third-order valence-electron chi connectivity index (χ3n) is 9.51. The fourth-order valence-electron chi connectivity index (χ4n) is 7.28. The summed E-state index contributed by atoms with van der Waals surface area (Å²) in [4.78, 5) is 31.3. The molecule has 0 saturated carbocycles. The molecule has 6 aliphatic heterocycles. The monoisotopic (exact) mass is 586 g/mol. The van der Waals surface area contributed by atoms with Gasteiger partial charge in [-0.15, -0.1) is 0 Å². The lowest BCUT2D eigenvalue weighted by Crippen LogP contribution is -2.69. The van der Waals surface area contributed by atoms with Crippen LogP contribution in [0.15, 0.2) is 42.5 Å². The van der Waals surface area contributed by atoms with Crippen molar-refractivity contribution < 1.29 is 37.2 Å². The molecule has 11 heteroatoms. The normalized spacial score (nSPS) is 34.2. The summed E-state index contributed by atoms with van der Waals surface area (Å²) < 4.78 is 44.1. The van der Waals surface area contributed by atoms with Crippen LogP contribution >= 0.6 is 7.82 Å². The van der Waals surface area contributed by atoms with Gasteiger partial charge in [-0.3, -0.25) is 28.4 Å². The van der Waals surface area contributed by atoms with Crippen LogP contribution in [0.5, 0.6) is 5.75 Å². The number of phosphoric acid groups is 1. The summed E-state index contributed by atoms with van der Waals surface area (Å²) in [6.45, 7) is 2.74. The molecule has 6 fully saturated rings. The first-order valence-electron chi connectivity index (χ1n) is 14.5. The van der Waals surface area contributed by atoms with E-state index in [4.69, 9.17) is 23.0 Å². The molecular weight excluding hydrogens is 547 g/mol. The van der Waals surface area contributed by atoms with E-state index in [0.717, 1.165) is 62.6 Å². The Balaban J connectivity index is 1.32. The van der Waals surface area contributed by atoms with Gasteiger partial charge in [-0.05, 0) is 63.3 Å². The average Bonchev–Trinajstić information content (AvgIpc) is 3.00. The Hall–Kier alpha value is -2.17. The largest absolute Gasteiger partial charge is 0.530 e. The summed E-state index contributed by atoms with van der Waals surface area (Å²) in [6, 6.07) is 13.1. The van der Waals surface area contributed by atoms with Gasteiger partial charge in [-0.1, -0.05) is 36.4 Å². The first-order valence-corrected chi connectivity index (χ1v) is 15.9. The lowest BCUT2D eigenvalue weighted by Gasteiger charge is -2.52. The van der Waals surface area contributed by atoms with E-state index in [9.17, 15) is 14.2 Å². The van der Waals surface area contributed by atoms with Gasteiger partial charge in [0.25, 0.3) is 0 Å². The summed E-state index contributed by atoms with van der Waals surface area (Å²) in [5, 5.41) is 1.65. The predicted octanol–water partition coefficient (Wildman–Crippen LogP) is 3.72. The van der Waals surface area contributed by atoms with Crippen LogP contribution in [0.1, 0.15) is 25.7 Å². The van der Waals surface area contributed by atoms with Crippen LogP contribution in [-0.2, 0) is 32.7 Å². The molecular formula is C30H39N2O8P. The molecule has 6 heterocycles. The fraction of sp³-hybridized carbons (Fsp3) is 0.600. The zero-order valence-corrected chi connectivity index (χ0v) is 24.7. The first kappa shape index (κ1) is 28.9. The second kappa shape index (κ2) is 11.5. The molecule has 10 nitrogen and oxygen atoms in total. The first-order chi connectivity index (χ1) is 19.8. The number of Topliss-reactive ketones (excluding diaryl/α,β-unsaturated/α-hetero) is 2. The molecule has 6 aliphatic rings. The Labute approximate surface area is 240 Å². The molecule has 6 saturated heterocycles. The van der Waals surface area contributed by atoms with Crippen LogP contribution in [0, 0.1) is 11.8 Å². The van der Waals surface area contributed by atoms with E-state index >= 15 is 0 Å². The molecule has 2 aromatic rings. The van der Waals surface area contributed by atoms with Crippen LogP contribution < -0.4 is 4.52 Å². The lowest BCUT2D eigenvalue weighted by molar-refractivity contribution is -0.159. The molecule has 0 spiro atoms. The SMILES string of the molecule is COCC1(COP(=O)(OCC2(COC)C(=O)C3CCN2CC3)Oc2cccc3ccccc23)C(=O)C2CCN1CC2. The van der Waals surface area contributed by atoms with Crippen molar-refractivity contribution in [3.63, 3.8) is 0 Å². The number of ketones is 2. The smallest absolute Gasteiger partial charge is 0.403 e. The summed E-state index contributed by atoms with van der Waals surface area (Å²) in [6.07, 6.45) is 3.18. The summed E-state index contributed by atoms with van der Waals surface area (Å²) in [7, 11) is -1.28. The number of carbonyl (C=O) groups is 2. The van der Waals surface area contributed by atoms with E-state index in [1.54, 1.807) is 20.3 Å². The van der Waals surface area contributed by atoms with Crippen molar-refractivity contribution >= 4 is 30.2 Å². The Kier molecular flexibility index (Phi) is 8.11. The minimum Gasteiger partial charge on any atom is -0.403 e. The van der Waals surface area contributed by atoms with Crippen molar-refractivity contribution in [2.75, 3.05) is 66.8 Å². The van der Waals surface area contributed by atoms with Crippen LogP contribution in [0.3, 0.4) is 0 Å². The second-order valence-electron chi connectivity index (χ2n) is 11.7. The number of benzene rings is 2. The summed E-state index contributed by atoms with van der Waals surface area (Å²) in [5.74, 6) is 0.254. The van der Waals surface area contributed by atoms with Crippen LogP contribution in [0.4, 0.5) is 0 Å². The van der Waals surface area contributed by atoms with Gasteiger partial charge in [0, 0.05) is 31.4 Å². The van der Waals surface area contributed by atoms with Crippen molar-refractivity contribution in [1.82, 2.24) is 9.80 Å². The van der Waals surface area contributed by atoms with Crippen molar-refractivity contribution in [2.24, 2.45) is 11.8 Å². The highest BCUT2D eigenvalue weighted by Gasteiger charge is 2.57. The number of rotatable bonds is 12. The molecule has 222 valence electrons. The molecule has 8 rings (SSSR count). The van der Waals surface area contributed by atoms with Gasteiger partial charge in [0.15, 0.2) is 11.6 Å². The quantitative estimate of drug-likeness (QED) is 0.342. The molecule has 41 heavy (non-hydrogen) atoms. The number of hydrogen-bond donors (Lipinski definition) is 0. The molecule has 0 aromatic heterocycles. The van der Waals surface area contributed by atoms with E-state index in [0.29, 0.717) is 5.75 Å². The summed E-state index contributed by atoms with van der Waals surface area (Å²) >= 11 is 0. The van der Waals surface area contributed by atoms with Crippen LogP contribution in [0.25, 0.3) is 10.8 Å². The van der Waals surface area contributed by atoms with Crippen molar-refractivity contribution in [2.45, 2.75) is 36.8 Å². The molecule has 4 bridgehead atoms. The zero-order chi connectivity index (χ0) is 28.7. The minimum absolute atomic E-state index is 0.0373. The third-order valence-corrected chi connectivity index (χ3v) is 10.8. The van der Waals surface area contributed by atoms with E-state index < -0.39 is 18.9 Å². The van der Waals surface area contributed by atoms with Crippen LogP contribution in [0.2, 0.25) is 0 Å². The molecule has 0 N–H and O–H groups in total.